The first-order valence-electron chi connectivity index (χ1n) is 9.00. The molecule has 1 saturated heterocycles. The lowest BCUT2D eigenvalue weighted by Crippen LogP contribution is -2.56. The Kier molecular flexibility index (Phi) is 6.13. The summed E-state index contributed by atoms with van der Waals surface area (Å²) in [4.78, 5) is 13.9. The number of para-hydroxylation sites is 1. The predicted octanol–water partition coefficient (Wildman–Crippen LogP) is 2.15. The lowest BCUT2D eigenvalue weighted by atomic mass is 10.00. The predicted molar refractivity (Wildman–Crippen MR) is 110 cm³/mol. The number of rotatable bonds is 5. The molecule has 1 aliphatic rings. The van der Waals surface area contributed by atoms with Crippen LogP contribution in [0, 0.1) is 6.92 Å². The van der Waals surface area contributed by atoms with Crippen LogP contribution in [0.1, 0.15) is 30.6 Å². The van der Waals surface area contributed by atoms with Crippen LogP contribution in [0.5, 0.6) is 0 Å². The highest BCUT2D eigenvalue weighted by Gasteiger charge is 2.41. The van der Waals surface area contributed by atoms with Gasteiger partial charge in [-0.2, -0.15) is 22.5 Å². The SMILES string of the molecule is CCn1cc(C2CC(C(=O)Nc3ccccc3SC)N(C)S(=O)(=O)N2)c(C)n1. The fraction of sp³-hybridized carbons (Fsp3) is 0.444. The van der Waals surface area contributed by atoms with E-state index in [4.69, 9.17) is 0 Å². The molecule has 0 radical (unpaired) electrons. The zero-order valence-electron chi connectivity index (χ0n) is 16.3. The molecular weight excluding hydrogens is 398 g/mol. The summed E-state index contributed by atoms with van der Waals surface area (Å²) in [5.74, 6) is -0.348. The van der Waals surface area contributed by atoms with Crippen LogP contribution in [0.25, 0.3) is 0 Å². The lowest BCUT2D eigenvalue weighted by molar-refractivity contribution is -0.120. The van der Waals surface area contributed by atoms with E-state index in [0.29, 0.717) is 18.7 Å². The third-order valence-corrected chi connectivity index (χ3v) is 7.31. The summed E-state index contributed by atoms with van der Waals surface area (Å²) in [6.07, 6.45) is 4.08. The lowest BCUT2D eigenvalue weighted by Gasteiger charge is -2.36. The number of hydrogen-bond acceptors (Lipinski definition) is 5. The molecule has 1 amide bonds. The number of anilines is 1. The van der Waals surface area contributed by atoms with Crippen LogP contribution in [0.4, 0.5) is 5.69 Å². The molecule has 10 heteroatoms. The molecule has 3 rings (SSSR count). The fourth-order valence-electron chi connectivity index (χ4n) is 3.31. The van der Waals surface area contributed by atoms with Gasteiger partial charge in [-0.05, 0) is 38.7 Å². The largest absolute Gasteiger partial charge is 0.324 e. The second-order valence-corrected chi connectivity index (χ2v) is 9.27. The molecule has 2 heterocycles. The Hall–Kier alpha value is -1.88. The van der Waals surface area contributed by atoms with E-state index in [1.54, 1.807) is 4.68 Å². The number of aromatic nitrogens is 2. The van der Waals surface area contributed by atoms with Crippen molar-refractivity contribution in [2.24, 2.45) is 0 Å². The van der Waals surface area contributed by atoms with E-state index in [9.17, 15) is 13.2 Å². The summed E-state index contributed by atoms with van der Waals surface area (Å²) in [7, 11) is -2.37. The number of nitrogens with one attached hydrogen (secondary N) is 2. The standard InChI is InChI=1S/C18H25N5O3S2/c1-5-23-11-13(12(2)20-23)15-10-16(22(3)28(25,26)21-15)18(24)19-14-8-6-7-9-17(14)27-4/h6-9,11,15-16,21H,5,10H2,1-4H3,(H,19,24). The Bertz CT molecular complexity index is 973. The molecule has 1 aliphatic heterocycles. The third-order valence-electron chi connectivity index (χ3n) is 4.92. The van der Waals surface area contributed by atoms with Crippen LogP contribution in [-0.2, 0) is 21.5 Å². The first-order chi connectivity index (χ1) is 13.3. The molecule has 152 valence electrons. The van der Waals surface area contributed by atoms with Crippen molar-refractivity contribution in [1.29, 1.82) is 0 Å². The van der Waals surface area contributed by atoms with E-state index >= 15 is 0 Å². The van der Waals surface area contributed by atoms with Gasteiger partial charge in [-0.25, -0.2) is 0 Å². The maximum atomic E-state index is 13.0. The topological polar surface area (TPSA) is 96.3 Å². The van der Waals surface area contributed by atoms with Crippen LogP contribution in [0.3, 0.4) is 0 Å². The Morgan fingerprint density at radius 3 is 2.75 bits per heavy atom. The molecule has 2 aromatic rings. The minimum Gasteiger partial charge on any atom is -0.324 e. The maximum Gasteiger partial charge on any atom is 0.280 e. The van der Waals surface area contributed by atoms with Gasteiger partial charge in [-0.1, -0.05) is 12.1 Å². The van der Waals surface area contributed by atoms with Gasteiger partial charge < -0.3 is 5.32 Å². The van der Waals surface area contributed by atoms with Gasteiger partial charge >= 0.3 is 0 Å². The monoisotopic (exact) mass is 423 g/mol. The minimum atomic E-state index is -3.79. The Labute approximate surface area is 169 Å². The summed E-state index contributed by atoms with van der Waals surface area (Å²) in [6, 6.07) is 6.13. The molecule has 2 unspecified atom stereocenters. The van der Waals surface area contributed by atoms with Gasteiger partial charge in [0.05, 0.1) is 17.4 Å². The summed E-state index contributed by atoms with van der Waals surface area (Å²) in [5.41, 5.74) is 2.22. The van der Waals surface area contributed by atoms with E-state index < -0.39 is 22.3 Å². The number of carbonyl (C=O) groups is 1. The van der Waals surface area contributed by atoms with E-state index in [-0.39, 0.29) is 5.91 Å². The Balaban J connectivity index is 1.88. The van der Waals surface area contributed by atoms with Gasteiger partial charge in [0.25, 0.3) is 10.2 Å². The van der Waals surface area contributed by atoms with Gasteiger partial charge in [0.1, 0.15) is 6.04 Å². The summed E-state index contributed by atoms with van der Waals surface area (Å²) in [5, 5.41) is 7.28. The van der Waals surface area contributed by atoms with E-state index in [0.717, 1.165) is 20.5 Å². The minimum absolute atomic E-state index is 0.319. The number of hydrogen-bond donors (Lipinski definition) is 2. The van der Waals surface area contributed by atoms with Gasteiger partial charge in [-0.15, -0.1) is 11.8 Å². The number of thioether (sulfide) groups is 1. The second-order valence-electron chi connectivity index (χ2n) is 6.66. The summed E-state index contributed by atoms with van der Waals surface area (Å²) >= 11 is 1.52. The van der Waals surface area contributed by atoms with Crippen molar-refractivity contribution in [3.05, 3.63) is 41.7 Å². The number of likely N-dealkylation sites (N-methyl/N-ethyl adjacent to an activating group) is 1. The van der Waals surface area contributed by atoms with Crippen molar-refractivity contribution in [3.8, 4) is 0 Å². The van der Waals surface area contributed by atoms with Crippen molar-refractivity contribution in [2.45, 2.75) is 43.8 Å². The number of amides is 1. The molecular formula is C18H25N5O3S2. The molecule has 0 aliphatic carbocycles. The summed E-state index contributed by atoms with van der Waals surface area (Å²) in [6.45, 7) is 4.50. The molecule has 28 heavy (non-hydrogen) atoms. The first kappa shape index (κ1) is 20.8. The van der Waals surface area contributed by atoms with Crippen molar-refractivity contribution >= 4 is 33.6 Å². The second kappa shape index (κ2) is 8.24. The molecule has 1 aromatic heterocycles. The zero-order chi connectivity index (χ0) is 20.5. The molecule has 2 atom stereocenters. The number of aryl methyl sites for hydroxylation is 2. The highest BCUT2D eigenvalue weighted by molar-refractivity contribution is 7.98. The molecule has 8 nitrogen and oxygen atoms in total. The number of nitrogens with zero attached hydrogens (tertiary/aromatic N) is 3. The molecule has 0 spiro atoms. The third kappa shape index (κ3) is 4.09. The maximum absolute atomic E-state index is 13.0. The van der Waals surface area contributed by atoms with E-state index in [1.807, 2.05) is 50.6 Å². The first-order valence-corrected chi connectivity index (χ1v) is 11.7. The van der Waals surface area contributed by atoms with Crippen molar-refractivity contribution in [2.75, 3.05) is 18.6 Å². The summed E-state index contributed by atoms with van der Waals surface area (Å²) < 4.78 is 30.8. The van der Waals surface area contributed by atoms with Gasteiger partial charge in [0.2, 0.25) is 5.91 Å². The fourth-order valence-corrected chi connectivity index (χ4v) is 5.13. The van der Waals surface area contributed by atoms with Gasteiger partial charge in [0.15, 0.2) is 0 Å². The number of benzene rings is 1. The quantitative estimate of drug-likeness (QED) is 0.719. The van der Waals surface area contributed by atoms with Crippen molar-refractivity contribution in [1.82, 2.24) is 18.8 Å². The normalized spacial score (nSPS) is 22.1. The van der Waals surface area contributed by atoms with Crippen molar-refractivity contribution in [3.63, 3.8) is 0 Å². The van der Waals surface area contributed by atoms with Crippen molar-refractivity contribution < 1.29 is 13.2 Å². The molecule has 1 aromatic carbocycles. The van der Waals surface area contributed by atoms with Crippen LogP contribution in [0.15, 0.2) is 35.4 Å². The van der Waals surface area contributed by atoms with E-state index in [2.05, 4.69) is 15.1 Å². The van der Waals surface area contributed by atoms with Crippen LogP contribution in [-0.4, -0.2) is 47.8 Å². The molecule has 1 fully saturated rings. The molecule has 0 saturated carbocycles. The van der Waals surface area contributed by atoms with Crippen LogP contribution in [0.2, 0.25) is 0 Å². The van der Waals surface area contributed by atoms with Gasteiger partial charge in [0, 0.05) is 30.2 Å². The zero-order valence-corrected chi connectivity index (χ0v) is 18.0. The van der Waals surface area contributed by atoms with Crippen LogP contribution < -0.4 is 10.0 Å². The van der Waals surface area contributed by atoms with E-state index in [1.165, 1.54) is 18.8 Å². The molecule has 2 N–H and O–H groups in total. The van der Waals surface area contributed by atoms with Crippen LogP contribution >= 0.6 is 11.8 Å². The number of carbonyl (C=O) groups excluding carboxylic acids is 1. The Morgan fingerprint density at radius 2 is 2.11 bits per heavy atom. The molecule has 0 bridgehead atoms. The van der Waals surface area contributed by atoms with Gasteiger partial charge in [-0.3, -0.25) is 9.48 Å². The smallest absolute Gasteiger partial charge is 0.280 e. The highest BCUT2D eigenvalue weighted by atomic mass is 32.2. The average molecular weight is 424 g/mol. The Morgan fingerprint density at radius 1 is 1.39 bits per heavy atom. The average Bonchev–Trinajstić information content (AvgIpc) is 3.05. The highest BCUT2D eigenvalue weighted by Crippen LogP contribution is 2.31.